The third kappa shape index (κ3) is 5.90. The number of hydrogen-bond acceptors (Lipinski definition) is 6. The minimum absolute atomic E-state index is 0.398. The van der Waals surface area contributed by atoms with E-state index in [4.69, 9.17) is 14.6 Å². The Balaban J connectivity index is 1.24. The molecule has 1 saturated heterocycles. The highest BCUT2D eigenvalue weighted by Gasteiger charge is 2.28. The SMILES string of the molecule is Cc1c2c(nn1CCN1CCOCC1)CN(C)CCCn1c(C(=O)O)c(CCCOc3cccc4ccccc34)c3cccc-2c31. The summed E-state index contributed by atoms with van der Waals surface area (Å²) in [7, 11) is 2.13. The van der Waals surface area contributed by atoms with Crippen molar-refractivity contribution in [1.82, 2.24) is 24.1 Å². The molecule has 2 aliphatic heterocycles. The Morgan fingerprint density at radius 3 is 2.59 bits per heavy atom. The van der Waals surface area contributed by atoms with E-state index in [0.717, 1.165) is 114 Å². The molecule has 3 aromatic carbocycles. The summed E-state index contributed by atoms with van der Waals surface area (Å²) in [5.41, 5.74) is 6.66. The first-order valence-corrected chi connectivity index (χ1v) is 16.5. The second-order valence-corrected chi connectivity index (χ2v) is 12.6. The van der Waals surface area contributed by atoms with E-state index in [-0.39, 0.29) is 0 Å². The van der Waals surface area contributed by atoms with Gasteiger partial charge in [-0.05, 0) is 56.8 Å². The molecule has 1 N–H and O–H groups in total. The predicted molar refractivity (Wildman–Crippen MR) is 181 cm³/mol. The molecule has 0 spiro atoms. The van der Waals surface area contributed by atoms with Gasteiger partial charge in [0.05, 0.1) is 37.6 Å². The molecule has 4 heterocycles. The first-order valence-electron chi connectivity index (χ1n) is 16.5. The number of hydrogen-bond donors (Lipinski definition) is 1. The molecule has 2 aromatic heterocycles. The summed E-state index contributed by atoms with van der Waals surface area (Å²) >= 11 is 0. The van der Waals surface area contributed by atoms with Gasteiger partial charge in [-0.15, -0.1) is 0 Å². The van der Waals surface area contributed by atoms with E-state index >= 15 is 0 Å². The van der Waals surface area contributed by atoms with Gasteiger partial charge in [-0.25, -0.2) is 4.79 Å². The number of rotatable bonds is 9. The predicted octanol–water partition coefficient (Wildman–Crippen LogP) is 5.84. The topological polar surface area (TPSA) is 85.0 Å². The van der Waals surface area contributed by atoms with Crippen LogP contribution >= 0.6 is 0 Å². The maximum atomic E-state index is 13.0. The van der Waals surface area contributed by atoms with E-state index < -0.39 is 5.97 Å². The standard InChI is InChI=1S/C37H43N5O4/c1-26-34-31-13-6-12-29-30(14-7-22-46-33-15-5-10-27-9-3-4-11-28(27)33)36(37(43)44)41(35(29)31)17-8-16-39(2)25-32(34)38-42(26)19-18-40-20-23-45-24-21-40/h3-6,9-13,15H,7-8,14,16-25H2,1-2H3,(H,43,44). The van der Waals surface area contributed by atoms with Crippen molar-refractivity contribution in [3.8, 4) is 16.9 Å². The molecule has 0 radical (unpaired) electrons. The molecule has 7 rings (SSSR count). The lowest BCUT2D eigenvalue weighted by atomic mass is 9.98. The summed E-state index contributed by atoms with van der Waals surface area (Å²) in [4.78, 5) is 17.7. The lowest BCUT2D eigenvalue weighted by Gasteiger charge is -2.26. The molecule has 9 heteroatoms. The fourth-order valence-corrected chi connectivity index (χ4v) is 7.34. The second kappa shape index (κ2) is 13.3. The van der Waals surface area contributed by atoms with Gasteiger partial charge < -0.3 is 24.0 Å². The number of nitrogens with zero attached hydrogens (tertiary/aromatic N) is 5. The van der Waals surface area contributed by atoms with Crippen molar-refractivity contribution in [1.29, 1.82) is 0 Å². The number of carboxylic acid groups (broad SMARTS) is 1. The molecule has 46 heavy (non-hydrogen) atoms. The fourth-order valence-electron chi connectivity index (χ4n) is 7.34. The number of carbonyl (C=O) groups is 1. The van der Waals surface area contributed by atoms with Crippen LogP contribution in [0.2, 0.25) is 0 Å². The van der Waals surface area contributed by atoms with E-state index in [1.807, 2.05) is 24.3 Å². The third-order valence-corrected chi connectivity index (χ3v) is 9.59. The van der Waals surface area contributed by atoms with E-state index in [2.05, 4.69) is 69.4 Å². The molecule has 5 aromatic rings. The van der Waals surface area contributed by atoms with Crippen LogP contribution < -0.4 is 4.74 Å². The van der Waals surface area contributed by atoms with Gasteiger partial charge in [0.15, 0.2) is 0 Å². The van der Waals surface area contributed by atoms with Gasteiger partial charge in [0, 0.05) is 60.3 Å². The van der Waals surface area contributed by atoms with Crippen LogP contribution in [-0.2, 0) is 30.8 Å². The molecule has 0 bridgehead atoms. The molecule has 0 unspecified atom stereocenters. The van der Waals surface area contributed by atoms with Gasteiger partial charge in [-0.2, -0.15) is 5.10 Å². The largest absolute Gasteiger partial charge is 0.493 e. The zero-order valence-electron chi connectivity index (χ0n) is 26.9. The molecule has 9 nitrogen and oxygen atoms in total. The Labute approximate surface area is 269 Å². The average Bonchev–Trinajstić information content (AvgIpc) is 3.55. The summed E-state index contributed by atoms with van der Waals surface area (Å²) in [6.45, 7) is 10.1. The van der Waals surface area contributed by atoms with Crippen molar-refractivity contribution in [2.75, 3.05) is 53.0 Å². The second-order valence-electron chi connectivity index (χ2n) is 12.6. The number of fused-ring (bicyclic) bond motifs is 3. The van der Waals surface area contributed by atoms with Crippen LogP contribution in [0.25, 0.3) is 32.8 Å². The number of ether oxygens (including phenoxy) is 2. The van der Waals surface area contributed by atoms with Crippen molar-refractivity contribution in [3.63, 3.8) is 0 Å². The summed E-state index contributed by atoms with van der Waals surface area (Å²) < 4.78 is 16.0. The van der Waals surface area contributed by atoms with Gasteiger partial charge in [-0.3, -0.25) is 9.58 Å². The lowest BCUT2D eigenvalue weighted by Crippen LogP contribution is -2.38. The fraction of sp³-hybridized carbons (Fsp3) is 0.405. The first kappa shape index (κ1) is 30.5. The number of para-hydroxylation sites is 1. The Bertz CT molecular complexity index is 1860. The Morgan fingerprint density at radius 1 is 0.957 bits per heavy atom. The molecule has 0 saturated carbocycles. The molecule has 0 aliphatic carbocycles. The quantitative estimate of drug-likeness (QED) is 0.207. The molecule has 1 fully saturated rings. The van der Waals surface area contributed by atoms with E-state index in [1.165, 1.54) is 0 Å². The Kier molecular flexibility index (Phi) is 8.80. The normalized spacial score (nSPS) is 16.1. The lowest BCUT2D eigenvalue weighted by molar-refractivity contribution is 0.0359. The van der Waals surface area contributed by atoms with Crippen LogP contribution in [0.4, 0.5) is 0 Å². The highest BCUT2D eigenvalue weighted by Crippen LogP contribution is 2.39. The van der Waals surface area contributed by atoms with Crippen molar-refractivity contribution < 1.29 is 19.4 Å². The van der Waals surface area contributed by atoms with Gasteiger partial charge in [0.1, 0.15) is 11.4 Å². The molecular formula is C37H43N5O4. The number of morpholine rings is 1. The van der Waals surface area contributed by atoms with Crippen molar-refractivity contribution in [3.05, 3.63) is 83.3 Å². The summed E-state index contributed by atoms with van der Waals surface area (Å²) in [6.07, 6.45) is 2.17. The van der Waals surface area contributed by atoms with Crippen LogP contribution in [0, 0.1) is 6.92 Å². The number of benzene rings is 3. The number of aryl methyl sites for hydroxylation is 2. The molecule has 2 aliphatic rings. The van der Waals surface area contributed by atoms with Crippen LogP contribution in [0.3, 0.4) is 0 Å². The highest BCUT2D eigenvalue weighted by molar-refractivity contribution is 6.04. The summed E-state index contributed by atoms with van der Waals surface area (Å²) in [5.74, 6) is -0.0203. The van der Waals surface area contributed by atoms with Crippen LogP contribution in [-0.4, -0.2) is 88.3 Å². The smallest absolute Gasteiger partial charge is 0.352 e. The zero-order valence-corrected chi connectivity index (χ0v) is 26.9. The van der Waals surface area contributed by atoms with Crippen molar-refractivity contribution in [2.45, 2.75) is 45.8 Å². The van der Waals surface area contributed by atoms with E-state index in [0.29, 0.717) is 31.7 Å². The van der Waals surface area contributed by atoms with Gasteiger partial charge in [-0.1, -0.05) is 54.6 Å². The zero-order chi connectivity index (χ0) is 31.6. The maximum absolute atomic E-state index is 13.0. The van der Waals surface area contributed by atoms with Crippen LogP contribution in [0.5, 0.6) is 5.75 Å². The van der Waals surface area contributed by atoms with Crippen molar-refractivity contribution in [2.24, 2.45) is 0 Å². The summed E-state index contributed by atoms with van der Waals surface area (Å²) in [5, 5.41) is 19.1. The van der Waals surface area contributed by atoms with Gasteiger partial charge in [0.2, 0.25) is 0 Å². The average molecular weight is 622 g/mol. The number of aromatic carboxylic acids is 1. The molecule has 0 atom stereocenters. The van der Waals surface area contributed by atoms with Gasteiger partial charge in [0.25, 0.3) is 0 Å². The Morgan fingerprint density at radius 2 is 1.74 bits per heavy atom. The highest BCUT2D eigenvalue weighted by atomic mass is 16.5. The maximum Gasteiger partial charge on any atom is 0.352 e. The third-order valence-electron chi connectivity index (χ3n) is 9.59. The van der Waals surface area contributed by atoms with E-state index in [9.17, 15) is 9.90 Å². The number of carboxylic acids is 1. The minimum Gasteiger partial charge on any atom is -0.493 e. The minimum atomic E-state index is -0.879. The number of aromatic nitrogens is 3. The monoisotopic (exact) mass is 621 g/mol. The molecule has 240 valence electrons. The Hall–Kier alpha value is -4.18. The van der Waals surface area contributed by atoms with Crippen LogP contribution in [0.1, 0.15) is 40.3 Å². The summed E-state index contributed by atoms with van der Waals surface area (Å²) in [6, 6.07) is 20.6. The van der Waals surface area contributed by atoms with Crippen LogP contribution in [0.15, 0.2) is 60.7 Å². The van der Waals surface area contributed by atoms with Crippen molar-refractivity contribution >= 4 is 27.6 Å². The molecule has 0 amide bonds. The first-order chi connectivity index (χ1) is 22.5. The van der Waals surface area contributed by atoms with Gasteiger partial charge >= 0.3 is 5.97 Å². The van der Waals surface area contributed by atoms with E-state index in [1.54, 1.807) is 0 Å². The molecular weight excluding hydrogens is 578 g/mol.